The van der Waals surface area contributed by atoms with Gasteiger partial charge in [0.05, 0.1) is 4.88 Å². The predicted octanol–water partition coefficient (Wildman–Crippen LogP) is 4.86. The molecule has 5 heteroatoms. The molecule has 2 aromatic heterocycles. The van der Waals surface area contributed by atoms with Gasteiger partial charge in [0.25, 0.3) is 0 Å². The van der Waals surface area contributed by atoms with Gasteiger partial charge in [0.15, 0.2) is 0 Å². The smallest absolute Gasteiger partial charge is 0.107 e. The van der Waals surface area contributed by atoms with Crippen LogP contribution in [0.25, 0.3) is 10.4 Å². The molecule has 108 valence electrons. The van der Waals surface area contributed by atoms with Crippen molar-refractivity contribution < 1.29 is 0 Å². The summed E-state index contributed by atoms with van der Waals surface area (Å²) < 4.78 is 0. The van der Waals surface area contributed by atoms with Gasteiger partial charge < -0.3 is 5.32 Å². The van der Waals surface area contributed by atoms with Crippen LogP contribution >= 0.6 is 34.3 Å². The molecule has 2 heterocycles. The summed E-state index contributed by atoms with van der Waals surface area (Å²) in [5, 5.41) is 9.61. The van der Waals surface area contributed by atoms with E-state index in [0.717, 1.165) is 29.5 Å². The molecular weight excluding hydrogens is 320 g/mol. The van der Waals surface area contributed by atoms with E-state index in [0.29, 0.717) is 0 Å². The van der Waals surface area contributed by atoms with Crippen molar-refractivity contribution in [3.8, 4) is 10.4 Å². The molecule has 0 saturated heterocycles. The molecule has 0 unspecified atom stereocenters. The fraction of sp³-hybridized carbons (Fsp3) is 0.188. The lowest BCUT2D eigenvalue weighted by atomic mass is 10.1. The van der Waals surface area contributed by atoms with Gasteiger partial charge in [-0.2, -0.15) is 11.3 Å². The highest BCUT2D eigenvalue weighted by Crippen LogP contribution is 2.27. The first-order valence-corrected chi connectivity index (χ1v) is 8.87. The molecule has 0 saturated carbocycles. The van der Waals surface area contributed by atoms with Crippen LogP contribution < -0.4 is 5.32 Å². The van der Waals surface area contributed by atoms with Crippen LogP contribution in [0.1, 0.15) is 10.6 Å². The van der Waals surface area contributed by atoms with Crippen molar-refractivity contribution in [3.05, 3.63) is 62.9 Å². The minimum atomic E-state index is 0.787. The number of rotatable bonds is 6. The Labute approximate surface area is 137 Å². The second kappa shape index (κ2) is 7.18. The highest BCUT2D eigenvalue weighted by atomic mass is 35.5. The fourth-order valence-corrected chi connectivity index (χ4v) is 3.75. The Morgan fingerprint density at radius 2 is 2.00 bits per heavy atom. The molecule has 1 N–H and O–H groups in total. The number of halogens is 1. The lowest BCUT2D eigenvalue weighted by Gasteiger charge is -2.03. The third-order valence-electron chi connectivity index (χ3n) is 3.14. The van der Waals surface area contributed by atoms with Crippen LogP contribution in [0.3, 0.4) is 0 Å². The van der Waals surface area contributed by atoms with Gasteiger partial charge in [0, 0.05) is 23.3 Å². The van der Waals surface area contributed by atoms with E-state index in [1.165, 1.54) is 16.0 Å². The molecule has 3 rings (SSSR count). The van der Waals surface area contributed by atoms with Crippen LogP contribution in [-0.2, 0) is 13.0 Å². The van der Waals surface area contributed by atoms with Gasteiger partial charge in [-0.3, -0.25) is 0 Å². The first-order chi connectivity index (χ1) is 10.3. The summed E-state index contributed by atoms with van der Waals surface area (Å²) in [6.45, 7) is 1.76. The molecule has 0 radical (unpaired) electrons. The van der Waals surface area contributed by atoms with Crippen molar-refractivity contribution in [1.29, 1.82) is 0 Å². The number of nitrogens with zero attached hydrogens (tertiary/aromatic N) is 1. The summed E-state index contributed by atoms with van der Waals surface area (Å²) in [7, 11) is 0. The summed E-state index contributed by atoms with van der Waals surface area (Å²) >= 11 is 9.35. The first-order valence-electron chi connectivity index (χ1n) is 6.74. The molecule has 1 aromatic carbocycles. The Hall–Kier alpha value is -1.20. The van der Waals surface area contributed by atoms with Gasteiger partial charge in [0.2, 0.25) is 0 Å². The Morgan fingerprint density at radius 1 is 1.14 bits per heavy atom. The topological polar surface area (TPSA) is 24.9 Å². The zero-order valence-corrected chi connectivity index (χ0v) is 13.8. The molecule has 0 atom stereocenters. The van der Waals surface area contributed by atoms with E-state index < -0.39 is 0 Å². The normalized spacial score (nSPS) is 10.9. The molecule has 0 amide bonds. The first kappa shape index (κ1) is 14.7. The van der Waals surface area contributed by atoms with Gasteiger partial charge in [-0.05, 0) is 47.5 Å². The fourth-order valence-electron chi connectivity index (χ4n) is 2.01. The van der Waals surface area contributed by atoms with Crippen molar-refractivity contribution >= 4 is 34.3 Å². The van der Waals surface area contributed by atoms with Crippen LogP contribution in [0.15, 0.2) is 47.3 Å². The second-order valence-corrected chi connectivity index (χ2v) is 7.02. The van der Waals surface area contributed by atoms with Gasteiger partial charge in [-0.25, -0.2) is 4.98 Å². The van der Waals surface area contributed by atoms with Crippen molar-refractivity contribution in [3.63, 3.8) is 0 Å². The summed E-state index contributed by atoms with van der Waals surface area (Å²) in [6.07, 6.45) is 2.96. The molecular formula is C16H15ClN2S2. The number of benzene rings is 1. The molecule has 0 aliphatic rings. The number of hydrogen-bond acceptors (Lipinski definition) is 4. The summed E-state index contributed by atoms with van der Waals surface area (Å²) in [4.78, 5) is 5.71. The summed E-state index contributed by atoms with van der Waals surface area (Å²) in [5.74, 6) is 0. The van der Waals surface area contributed by atoms with Crippen molar-refractivity contribution in [2.45, 2.75) is 13.0 Å². The molecule has 3 aromatic rings. The molecule has 2 nitrogen and oxygen atoms in total. The number of hydrogen-bond donors (Lipinski definition) is 1. The molecule has 21 heavy (non-hydrogen) atoms. The maximum absolute atomic E-state index is 5.88. The zero-order chi connectivity index (χ0) is 14.5. The van der Waals surface area contributed by atoms with Gasteiger partial charge in [0.1, 0.15) is 5.01 Å². The average molecular weight is 335 g/mol. The number of aromatic nitrogens is 1. The molecule has 0 aliphatic heterocycles. The standard InChI is InChI=1S/C16H15ClN2S2/c17-14-3-1-12(2-4-14)5-7-18-10-16-19-9-15(21-16)13-6-8-20-11-13/h1-4,6,8-9,11,18H,5,7,10H2. The molecule has 0 aliphatic carbocycles. The van der Waals surface area contributed by atoms with Crippen LogP contribution in [-0.4, -0.2) is 11.5 Å². The molecule has 0 bridgehead atoms. The largest absolute Gasteiger partial charge is 0.310 e. The highest BCUT2D eigenvalue weighted by Gasteiger charge is 2.04. The molecule has 0 spiro atoms. The predicted molar refractivity (Wildman–Crippen MR) is 92.3 cm³/mol. The Morgan fingerprint density at radius 3 is 2.76 bits per heavy atom. The lowest BCUT2D eigenvalue weighted by Crippen LogP contribution is -2.16. The second-order valence-electron chi connectivity index (χ2n) is 4.68. The van der Waals surface area contributed by atoms with E-state index in [1.807, 2.05) is 18.3 Å². The van der Waals surface area contributed by atoms with E-state index in [9.17, 15) is 0 Å². The summed E-state index contributed by atoms with van der Waals surface area (Å²) in [6, 6.07) is 10.1. The Balaban J connectivity index is 1.46. The number of thiophene rings is 1. The van der Waals surface area contributed by atoms with E-state index in [2.05, 4.69) is 39.3 Å². The maximum Gasteiger partial charge on any atom is 0.107 e. The highest BCUT2D eigenvalue weighted by molar-refractivity contribution is 7.15. The lowest BCUT2D eigenvalue weighted by molar-refractivity contribution is 0.684. The quantitative estimate of drug-likeness (QED) is 0.651. The van der Waals surface area contributed by atoms with Crippen LogP contribution in [0.2, 0.25) is 5.02 Å². The van der Waals surface area contributed by atoms with Gasteiger partial charge in [-0.15, -0.1) is 11.3 Å². The molecule has 0 fully saturated rings. The third-order valence-corrected chi connectivity index (χ3v) is 5.12. The van der Waals surface area contributed by atoms with E-state index in [-0.39, 0.29) is 0 Å². The maximum atomic E-state index is 5.88. The van der Waals surface area contributed by atoms with Gasteiger partial charge in [-0.1, -0.05) is 23.7 Å². The zero-order valence-electron chi connectivity index (χ0n) is 11.4. The number of nitrogens with one attached hydrogen (secondary N) is 1. The Kier molecular flexibility index (Phi) is 5.04. The average Bonchev–Trinajstić information content (AvgIpc) is 3.16. The van der Waals surface area contributed by atoms with Crippen molar-refractivity contribution in [2.75, 3.05) is 6.54 Å². The minimum absolute atomic E-state index is 0.787. The van der Waals surface area contributed by atoms with E-state index in [4.69, 9.17) is 11.6 Å². The minimum Gasteiger partial charge on any atom is -0.310 e. The van der Waals surface area contributed by atoms with Crippen molar-refractivity contribution in [1.82, 2.24) is 10.3 Å². The van der Waals surface area contributed by atoms with E-state index >= 15 is 0 Å². The Bertz CT molecular complexity index is 675. The summed E-state index contributed by atoms with van der Waals surface area (Å²) in [5.41, 5.74) is 2.56. The van der Waals surface area contributed by atoms with Crippen LogP contribution in [0.5, 0.6) is 0 Å². The van der Waals surface area contributed by atoms with Crippen LogP contribution in [0.4, 0.5) is 0 Å². The van der Waals surface area contributed by atoms with Crippen molar-refractivity contribution in [2.24, 2.45) is 0 Å². The van der Waals surface area contributed by atoms with Crippen LogP contribution in [0, 0.1) is 0 Å². The van der Waals surface area contributed by atoms with Gasteiger partial charge >= 0.3 is 0 Å². The number of thiazole rings is 1. The van der Waals surface area contributed by atoms with E-state index in [1.54, 1.807) is 22.7 Å². The third kappa shape index (κ3) is 4.14. The monoisotopic (exact) mass is 334 g/mol. The SMILES string of the molecule is Clc1ccc(CCNCc2ncc(-c3ccsc3)s2)cc1.